The SMILES string of the molecule is [2H]C1([2H])C(=O)NC(=O)C(N2Cc3c(NCc4ccc(CN5CC(C)(C)OC(C)(C)C5)cc4F)cccc3C2=O)C1([2H])[2H]. The molecular weight excluding hydrogens is 487 g/mol. The number of imide groups is 1. The third kappa shape index (κ3) is 5.44. The normalized spacial score (nSPS) is 27.0. The fourth-order valence-electron chi connectivity index (χ4n) is 5.70. The molecule has 0 bridgehead atoms. The predicted molar refractivity (Wildman–Crippen MR) is 141 cm³/mol. The average Bonchev–Trinajstić information content (AvgIpc) is 3.17. The Morgan fingerprint density at radius 3 is 2.58 bits per heavy atom. The number of carbonyl (C=O) groups excluding carboxylic acids is 3. The number of hydrogen-bond acceptors (Lipinski definition) is 6. The molecule has 2 fully saturated rings. The zero-order valence-electron chi connectivity index (χ0n) is 26.0. The van der Waals surface area contributed by atoms with E-state index in [2.05, 4.69) is 10.2 Å². The molecule has 0 aromatic heterocycles. The molecule has 38 heavy (non-hydrogen) atoms. The number of ether oxygens (including phenoxy) is 1. The molecule has 5 rings (SSSR count). The number of piperidine rings is 1. The summed E-state index contributed by atoms with van der Waals surface area (Å²) in [6.07, 6.45) is -5.99. The first kappa shape index (κ1) is 21.6. The Labute approximate surface area is 228 Å². The van der Waals surface area contributed by atoms with E-state index in [-0.39, 0.29) is 35.7 Å². The zero-order valence-corrected chi connectivity index (χ0v) is 22.0. The first-order valence-corrected chi connectivity index (χ1v) is 12.6. The summed E-state index contributed by atoms with van der Waals surface area (Å²) in [5, 5.41) is 5.01. The Bertz CT molecular complexity index is 1450. The van der Waals surface area contributed by atoms with Crippen LogP contribution in [-0.2, 0) is 34.0 Å². The first-order chi connectivity index (χ1) is 19.4. The van der Waals surface area contributed by atoms with Crippen molar-refractivity contribution >= 4 is 23.4 Å². The smallest absolute Gasteiger partial charge is 0.255 e. The molecule has 2 saturated heterocycles. The molecular formula is C29H35FN4O4. The van der Waals surface area contributed by atoms with E-state index in [4.69, 9.17) is 10.2 Å². The number of morpholine rings is 1. The fourth-order valence-corrected chi connectivity index (χ4v) is 5.70. The highest BCUT2D eigenvalue weighted by Crippen LogP contribution is 2.33. The summed E-state index contributed by atoms with van der Waals surface area (Å²) in [4.78, 5) is 41.1. The number of nitrogens with zero attached hydrogens (tertiary/aromatic N) is 2. The molecule has 0 radical (unpaired) electrons. The molecule has 3 heterocycles. The van der Waals surface area contributed by atoms with Gasteiger partial charge in [-0.3, -0.25) is 24.6 Å². The number of carbonyl (C=O) groups is 3. The monoisotopic (exact) mass is 526 g/mol. The van der Waals surface area contributed by atoms with Gasteiger partial charge in [-0.2, -0.15) is 0 Å². The van der Waals surface area contributed by atoms with Crippen molar-refractivity contribution in [2.24, 2.45) is 0 Å². The maximum Gasteiger partial charge on any atom is 0.255 e. The van der Waals surface area contributed by atoms with Crippen molar-refractivity contribution in [1.82, 2.24) is 15.1 Å². The topological polar surface area (TPSA) is 91.0 Å². The summed E-state index contributed by atoms with van der Waals surface area (Å²) in [5.74, 6) is -3.50. The number of hydrogen-bond donors (Lipinski definition) is 2. The van der Waals surface area contributed by atoms with Gasteiger partial charge in [-0.05, 0) is 57.8 Å². The van der Waals surface area contributed by atoms with Crippen LogP contribution in [0.1, 0.15) is 73.0 Å². The number of rotatable bonds is 6. The Kier molecular flexibility index (Phi) is 5.56. The van der Waals surface area contributed by atoms with Gasteiger partial charge in [0.2, 0.25) is 11.8 Å². The Morgan fingerprint density at radius 1 is 1.13 bits per heavy atom. The molecule has 8 nitrogen and oxygen atoms in total. The van der Waals surface area contributed by atoms with Crippen LogP contribution in [0.5, 0.6) is 0 Å². The lowest BCUT2D eigenvalue weighted by Crippen LogP contribution is -2.56. The van der Waals surface area contributed by atoms with E-state index in [0.717, 1.165) is 23.6 Å². The standard InChI is InChI=1S/C29H35FN4O4/c1-28(2)16-33(17-29(3,4)38-28)14-18-8-9-19(22(30)12-18)13-31-23-7-5-6-20-21(23)15-34(27(20)37)24-10-11-25(35)32-26(24)36/h5-9,12,24,31H,10-11,13-17H2,1-4H3,(H,32,35,36)/i10D2,11D2. The van der Waals surface area contributed by atoms with Gasteiger partial charge in [0.15, 0.2) is 0 Å². The van der Waals surface area contributed by atoms with Crippen molar-refractivity contribution in [2.45, 2.75) is 77.3 Å². The van der Waals surface area contributed by atoms with Crippen molar-refractivity contribution in [3.8, 4) is 0 Å². The molecule has 3 aliphatic heterocycles. The number of nitrogens with one attached hydrogen (secondary N) is 2. The maximum atomic E-state index is 15.2. The van der Waals surface area contributed by atoms with E-state index in [0.29, 0.717) is 23.4 Å². The minimum Gasteiger partial charge on any atom is -0.381 e. The molecule has 9 heteroatoms. The molecule has 0 spiro atoms. The van der Waals surface area contributed by atoms with E-state index in [1.54, 1.807) is 18.2 Å². The van der Waals surface area contributed by atoms with Crippen LogP contribution in [0.25, 0.3) is 0 Å². The van der Waals surface area contributed by atoms with Gasteiger partial charge in [-0.25, -0.2) is 4.39 Å². The molecule has 1 atom stereocenters. The lowest BCUT2D eigenvalue weighted by Gasteiger charge is -2.47. The van der Waals surface area contributed by atoms with Gasteiger partial charge in [0.1, 0.15) is 11.9 Å². The summed E-state index contributed by atoms with van der Waals surface area (Å²) >= 11 is 0. The Hall–Kier alpha value is -3.30. The highest BCUT2D eigenvalue weighted by Gasteiger charge is 2.40. The summed E-state index contributed by atoms with van der Waals surface area (Å²) in [5.41, 5.74) is 1.81. The van der Waals surface area contributed by atoms with Crippen molar-refractivity contribution < 1.29 is 29.0 Å². The van der Waals surface area contributed by atoms with Crippen LogP contribution in [0.4, 0.5) is 10.1 Å². The molecule has 2 aromatic rings. The third-order valence-electron chi connectivity index (χ3n) is 6.87. The molecule has 2 aromatic carbocycles. The Balaban J connectivity index is 1.30. The summed E-state index contributed by atoms with van der Waals surface area (Å²) in [6.45, 7) is 10.1. The van der Waals surface area contributed by atoms with Crippen LogP contribution in [0.2, 0.25) is 0 Å². The number of halogens is 1. The molecule has 202 valence electrons. The highest BCUT2D eigenvalue weighted by molar-refractivity contribution is 6.06. The van der Waals surface area contributed by atoms with Gasteiger partial charge in [-0.15, -0.1) is 0 Å². The predicted octanol–water partition coefficient (Wildman–Crippen LogP) is 3.59. The zero-order chi connectivity index (χ0) is 30.8. The van der Waals surface area contributed by atoms with Gasteiger partial charge in [-0.1, -0.05) is 18.2 Å². The molecule has 3 amide bonds. The molecule has 1 unspecified atom stereocenters. The van der Waals surface area contributed by atoms with E-state index >= 15 is 4.39 Å². The van der Waals surface area contributed by atoms with Crippen LogP contribution in [0, 0.1) is 5.82 Å². The lowest BCUT2D eigenvalue weighted by molar-refractivity contribution is -0.182. The maximum absolute atomic E-state index is 15.2. The van der Waals surface area contributed by atoms with Gasteiger partial charge in [0, 0.05) is 67.0 Å². The molecule has 0 saturated carbocycles. The van der Waals surface area contributed by atoms with Crippen LogP contribution in [0.3, 0.4) is 0 Å². The minimum atomic E-state index is -3.03. The van der Waals surface area contributed by atoms with Gasteiger partial charge >= 0.3 is 0 Å². The van der Waals surface area contributed by atoms with Gasteiger partial charge in [0.05, 0.1) is 11.2 Å². The quantitative estimate of drug-likeness (QED) is 0.559. The Morgan fingerprint density at radius 2 is 1.87 bits per heavy atom. The van der Waals surface area contributed by atoms with Crippen LogP contribution in [0.15, 0.2) is 36.4 Å². The minimum absolute atomic E-state index is 0.107. The molecule has 0 aliphatic carbocycles. The number of anilines is 1. The highest BCUT2D eigenvalue weighted by atomic mass is 19.1. The van der Waals surface area contributed by atoms with E-state index in [9.17, 15) is 14.4 Å². The second-order valence-corrected chi connectivity index (χ2v) is 11.3. The first-order valence-electron chi connectivity index (χ1n) is 14.6. The molecule has 2 N–H and O–H groups in total. The van der Waals surface area contributed by atoms with Crippen molar-refractivity contribution in [2.75, 3.05) is 18.4 Å². The largest absolute Gasteiger partial charge is 0.381 e. The van der Waals surface area contributed by atoms with Crippen molar-refractivity contribution in [3.63, 3.8) is 0 Å². The average molecular weight is 527 g/mol. The van der Waals surface area contributed by atoms with E-state index in [1.807, 2.05) is 39.1 Å². The summed E-state index contributed by atoms with van der Waals surface area (Å²) in [6, 6.07) is 8.11. The lowest BCUT2D eigenvalue weighted by atomic mass is 9.98. The van der Waals surface area contributed by atoms with Crippen LogP contribution >= 0.6 is 0 Å². The van der Waals surface area contributed by atoms with Crippen molar-refractivity contribution in [3.05, 3.63) is 64.5 Å². The number of amides is 3. The third-order valence-corrected chi connectivity index (χ3v) is 6.87. The van der Waals surface area contributed by atoms with Gasteiger partial charge < -0.3 is 15.0 Å². The molecule has 3 aliphatic rings. The van der Waals surface area contributed by atoms with Crippen molar-refractivity contribution in [1.29, 1.82) is 0 Å². The van der Waals surface area contributed by atoms with E-state index < -0.39 is 36.5 Å². The summed E-state index contributed by atoms with van der Waals surface area (Å²) in [7, 11) is 0. The fraction of sp³-hybridized carbons (Fsp3) is 0.483. The second kappa shape index (κ2) is 9.78. The van der Waals surface area contributed by atoms with Crippen LogP contribution in [-0.4, -0.2) is 57.9 Å². The van der Waals surface area contributed by atoms with Crippen LogP contribution < -0.4 is 10.6 Å². The van der Waals surface area contributed by atoms with Gasteiger partial charge in [0.25, 0.3) is 5.91 Å². The summed E-state index contributed by atoms with van der Waals surface area (Å²) < 4.78 is 53.7. The van der Waals surface area contributed by atoms with E-state index in [1.165, 1.54) is 12.1 Å². The number of benzene rings is 2. The second-order valence-electron chi connectivity index (χ2n) is 11.3. The number of fused-ring (bicyclic) bond motifs is 1.